The van der Waals surface area contributed by atoms with E-state index < -0.39 is 2.14 Å². The van der Waals surface area contributed by atoms with E-state index in [9.17, 15) is 0 Å². The first-order chi connectivity index (χ1) is 11.5. The van der Waals surface area contributed by atoms with E-state index in [-0.39, 0.29) is 0 Å². The summed E-state index contributed by atoms with van der Waals surface area (Å²) in [6.45, 7) is 0. The van der Waals surface area contributed by atoms with Crippen LogP contribution in [0.5, 0.6) is 0 Å². The molecule has 3 rings (SSSR count). The Morgan fingerprint density at radius 3 is 1.42 bits per heavy atom. The maximum absolute atomic E-state index is 4.43. The molecule has 5 nitrogen and oxygen atoms in total. The first-order valence-corrected chi connectivity index (χ1v) is 9.36. The van der Waals surface area contributed by atoms with Crippen molar-refractivity contribution >= 4 is 71.1 Å². The second-order valence-electron chi connectivity index (χ2n) is 4.79. The molecular weight excluding hydrogens is 502 g/mol. The maximum Gasteiger partial charge on any atom is 0.232 e. The van der Waals surface area contributed by atoms with Crippen LogP contribution < -0.4 is 10.6 Å². The van der Waals surface area contributed by atoms with Crippen molar-refractivity contribution in [1.82, 2.24) is 15.0 Å². The van der Waals surface area contributed by atoms with Gasteiger partial charge in [-0.3, -0.25) is 0 Å². The number of hydrogen-bond donors (Lipinski definition) is 2. The minimum absolute atomic E-state index is 0.437. The third-order valence-corrected chi connectivity index (χ3v) is 4.01. The van der Waals surface area contributed by atoms with E-state index in [1.54, 1.807) is 0 Å². The Kier molecular flexibility index (Phi) is 5.47. The van der Waals surface area contributed by atoms with Crippen LogP contribution in [0.15, 0.2) is 60.7 Å². The SMILES string of the molecule is BrC(Br)(Br)c1nc(Nc2ccccc2)nc(Nc2ccccc2)n1. The van der Waals surface area contributed by atoms with E-state index in [2.05, 4.69) is 73.4 Å². The van der Waals surface area contributed by atoms with Gasteiger partial charge in [-0.05, 0) is 24.3 Å². The lowest BCUT2D eigenvalue weighted by Gasteiger charge is -2.14. The molecule has 2 aromatic carbocycles. The van der Waals surface area contributed by atoms with Crippen molar-refractivity contribution in [1.29, 1.82) is 0 Å². The second-order valence-corrected chi connectivity index (χ2v) is 11.5. The maximum atomic E-state index is 4.43. The fourth-order valence-electron chi connectivity index (χ4n) is 1.92. The number of rotatable bonds is 4. The minimum Gasteiger partial charge on any atom is -0.324 e. The van der Waals surface area contributed by atoms with Gasteiger partial charge in [0.25, 0.3) is 0 Å². The molecule has 0 saturated heterocycles. The summed E-state index contributed by atoms with van der Waals surface area (Å²) in [4.78, 5) is 13.3. The van der Waals surface area contributed by atoms with Gasteiger partial charge in [-0.15, -0.1) is 0 Å². The molecule has 3 aromatic rings. The van der Waals surface area contributed by atoms with Gasteiger partial charge in [-0.25, -0.2) is 0 Å². The Labute approximate surface area is 164 Å². The first-order valence-electron chi connectivity index (χ1n) is 6.98. The number of para-hydroxylation sites is 2. The van der Waals surface area contributed by atoms with Crippen molar-refractivity contribution < 1.29 is 0 Å². The van der Waals surface area contributed by atoms with Crippen LogP contribution in [-0.4, -0.2) is 15.0 Å². The molecule has 0 atom stereocenters. The number of aromatic nitrogens is 3. The van der Waals surface area contributed by atoms with Crippen LogP contribution in [0, 0.1) is 0 Å². The third kappa shape index (κ3) is 4.75. The van der Waals surface area contributed by atoms with Crippen molar-refractivity contribution in [3.05, 3.63) is 66.5 Å². The first kappa shape index (κ1) is 17.3. The van der Waals surface area contributed by atoms with Crippen molar-refractivity contribution in [2.75, 3.05) is 10.6 Å². The molecule has 0 saturated carbocycles. The molecule has 1 aromatic heterocycles. The highest BCUT2D eigenvalue weighted by Crippen LogP contribution is 2.43. The summed E-state index contributed by atoms with van der Waals surface area (Å²) in [6, 6.07) is 19.4. The number of nitrogens with zero attached hydrogens (tertiary/aromatic N) is 3. The zero-order valence-corrected chi connectivity index (χ0v) is 17.0. The average Bonchev–Trinajstić information content (AvgIpc) is 2.56. The zero-order chi connectivity index (χ0) is 17.0. The van der Waals surface area contributed by atoms with Gasteiger partial charge in [0.05, 0.1) is 0 Å². The van der Waals surface area contributed by atoms with Gasteiger partial charge < -0.3 is 10.6 Å². The molecule has 8 heteroatoms. The average molecular weight is 514 g/mol. The molecule has 0 fully saturated rings. The highest BCUT2D eigenvalue weighted by molar-refractivity contribution is 9.38. The molecule has 0 amide bonds. The van der Waals surface area contributed by atoms with Crippen LogP contribution in [-0.2, 0) is 2.14 Å². The number of nitrogens with one attached hydrogen (secondary N) is 2. The van der Waals surface area contributed by atoms with Crippen molar-refractivity contribution in [3.63, 3.8) is 0 Å². The topological polar surface area (TPSA) is 62.7 Å². The predicted molar refractivity (Wildman–Crippen MR) is 108 cm³/mol. The Morgan fingerprint density at radius 2 is 1.04 bits per heavy atom. The van der Waals surface area contributed by atoms with Crippen molar-refractivity contribution in [3.8, 4) is 0 Å². The molecule has 1 heterocycles. The summed E-state index contributed by atoms with van der Waals surface area (Å²) in [6.07, 6.45) is 0. The third-order valence-electron chi connectivity index (χ3n) is 2.95. The Morgan fingerprint density at radius 1 is 0.625 bits per heavy atom. The summed E-state index contributed by atoms with van der Waals surface area (Å²) in [5.41, 5.74) is 1.79. The predicted octanol–water partition coefficient (Wildman–Crippen LogP) is 5.65. The number of benzene rings is 2. The van der Waals surface area contributed by atoms with Gasteiger partial charge in [-0.1, -0.05) is 84.2 Å². The lowest BCUT2D eigenvalue weighted by molar-refractivity contribution is 0.965. The number of anilines is 4. The summed E-state index contributed by atoms with van der Waals surface area (Å²) >= 11 is 10.4. The molecular formula is C16H12Br3N5. The summed E-state index contributed by atoms with van der Waals surface area (Å²) < 4.78 is -0.740. The molecule has 0 unspecified atom stereocenters. The molecule has 24 heavy (non-hydrogen) atoms. The van der Waals surface area contributed by atoms with Crippen LogP contribution in [0.3, 0.4) is 0 Å². The van der Waals surface area contributed by atoms with E-state index in [1.807, 2.05) is 60.7 Å². The largest absolute Gasteiger partial charge is 0.324 e. The lowest BCUT2D eigenvalue weighted by Crippen LogP contribution is -2.12. The Bertz CT molecular complexity index is 747. The van der Waals surface area contributed by atoms with Gasteiger partial charge in [0.2, 0.25) is 11.9 Å². The van der Waals surface area contributed by atoms with Crippen LogP contribution in [0.25, 0.3) is 0 Å². The smallest absolute Gasteiger partial charge is 0.232 e. The zero-order valence-electron chi connectivity index (χ0n) is 12.2. The molecule has 0 radical (unpaired) electrons. The van der Waals surface area contributed by atoms with Crippen LogP contribution in [0.1, 0.15) is 5.82 Å². The summed E-state index contributed by atoms with van der Waals surface area (Å²) in [7, 11) is 0. The number of halogens is 3. The molecule has 0 bridgehead atoms. The highest BCUT2D eigenvalue weighted by Gasteiger charge is 2.26. The summed E-state index contributed by atoms with van der Waals surface area (Å²) in [5, 5.41) is 6.36. The molecule has 0 aliphatic heterocycles. The minimum atomic E-state index is -0.740. The molecule has 0 aliphatic rings. The van der Waals surface area contributed by atoms with Crippen molar-refractivity contribution in [2.45, 2.75) is 2.14 Å². The summed E-state index contributed by atoms with van der Waals surface area (Å²) in [5.74, 6) is 1.36. The second kappa shape index (κ2) is 7.58. The fourth-order valence-corrected chi connectivity index (χ4v) is 2.45. The monoisotopic (exact) mass is 511 g/mol. The van der Waals surface area contributed by atoms with Gasteiger partial charge in [0.1, 0.15) is 0 Å². The quantitative estimate of drug-likeness (QED) is 0.441. The lowest BCUT2D eigenvalue weighted by atomic mass is 10.3. The number of alkyl halides is 3. The van der Waals surface area contributed by atoms with Gasteiger partial charge >= 0.3 is 0 Å². The van der Waals surface area contributed by atoms with E-state index in [0.717, 1.165) is 11.4 Å². The Hall–Kier alpha value is -1.51. The normalized spacial score (nSPS) is 11.1. The van der Waals surface area contributed by atoms with E-state index >= 15 is 0 Å². The molecule has 0 spiro atoms. The van der Waals surface area contributed by atoms with Gasteiger partial charge in [0, 0.05) is 11.4 Å². The molecule has 0 aliphatic carbocycles. The van der Waals surface area contributed by atoms with Crippen LogP contribution in [0.2, 0.25) is 0 Å². The Balaban J connectivity index is 1.94. The fraction of sp³-hybridized carbons (Fsp3) is 0.0625. The van der Waals surface area contributed by atoms with E-state index in [4.69, 9.17) is 0 Å². The van der Waals surface area contributed by atoms with Crippen LogP contribution in [0.4, 0.5) is 23.3 Å². The number of hydrogen-bond acceptors (Lipinski definition) is 5. The van der Waals surface area contributed by atoms with Crippen LogP contribution >= 0.6 is 47.8 Å². The molecule has 2 N–H and O–H groups in total. The van der Waals surface area contributed by atoms with Gasteiger partial charge in [-0.2, -0.15) is 15.0 Å². The van der Waals surface area contributed by atoms with E-state index in [0.29, 0.717) is 17.7 Å². The van der Waals surface area contributed by atoms with E-state index in [1.165, 1.54) is 0 Å². The molecule has 122 valence electrons. The van der Waals surface area contributed by atoms with Crippen molar-refractivity contribution in [2.24, 2.45) is 0 Å². The standard InChI is InChI=1S/C16H12Br3N5/c17-16(18,19)13-22-14(20-11-7-3-1-4-8-11)24-15(23-13)21-12-9-5-2-6-10-12/h1-10H,(H2,20,21,22,23,24). The van der Waals surface area contributed by atoms with Gasteiger partial charge in [0.15, 0.2) is 7.97 Å². The highest BCUT2D eigenvalue weighted by atomic mass is 80.0.